The number of hydrogen-bond acceptors (Lipinski definition) is 4. The fourth-order valence-electron chi connectivity index (χ4n) is 2.26. The smallest absolute Gasteiger partial charge is 0.325 e. The van der Waals surface area contributed by atoms with E-state index < -0.39 is 23.6 Å². The molecule has 2 aromatic carbocycles. The lowest BCUT2D eigenvalue weighted by atomic mass is 10.1. The molecule has 0 fully saturated rings. The first kappa shape index (κ1) is 21.1. The number of hydrogen-bond donors (Lipinski definition) is 1. The van der Waals surface area contributed by atoms with E-state index in [1.54, 1.807) is 24.3 Å². The van der Waals surface area contributed by atoms with Gasteiger partial charge in [0.05, 0.1) is 11.4 Å². The van der Waals surface area contributed by atoms with Crippen molar-refractivity contribution in [3.8, 4) is 11.3 Å². The molecule has 1 aromatic heterocycles. The molecular formula is C19H12ClF4N3OS. The van der Waals surface area contributed by atoms with Gasteiger partial charge >= 0.3 is 6.18 Å². The first-order valence-corrected chi connectivity index (χ1v) is 9.47. The van der Waals surface area contributed by atoms with Crippen LogP contribution in [0.25, 0.3) is 11.3 Å². The van der Waals surface area contributed by atoms with E-state index in [0.717, 1.165) is 30.0 Å². The topological polar surface area (TPSA) is 54.9 Å². The van der Waals surface area contributed by atoms with Crippen molar-refractivity contribution >= 4 is 35.0 Å². The van der Waals surface area contributed by atoms with Gasteiger partial charge in [-0.2, -0.15) is 13.2 Å². The summed E-state index contributed by atoms with van der Waals surface area (Å²) in [4.78, 5) is 19.6. The molecule has 0 atom stereocenters. The minimum absolute atomic E-state index is 0.0204. The summed E-state index contributed by atoms with van der Waals surface area (Å²) >= 11 is 6.53. The number of benzene rings is 2. The molecule has 1 N–H and O–H groups in total. The molecule has 0 spiro atoms. The van der Waals surface area contributed by atoms with Crippen LogP contribution in [0.4, 0.5) is 23.2 Å². The maximum atomic E-state index is 13.2. The van der Waals surface area contributed by atoms with Gasteiger partial charge in [-0.15, -0.1) is 0 Å². The second-order valence-electron chi connectivity index (χ2n) is 5.77. The van der Waals surface area contributed by atoms with Crippen LogP contribution in [0.1, 0.15) is 5.69 Å². The molecule has 3 aromatic rings. The van der Waals surface area contributed by atoms with Gasteiger partial charge in [0.2, 0.25) is 5.91 Å². The van der Waals surface area contributed by atoms with Crippen LogP contribution in [0.15, 0.2) is 59.8 Å². The molecule has 29 heavy (non-hydrogen) atoms. The highest BCUT2D eigenvalue weighted by Crippen LogP contribution is 2.32. The zero-order valence-corrected chi connectivity index (χ0v) is 16.1. The second-order valence-corrected chi connectivity index (χ2v) is 7.15. The molecule has 0 radical (unpaired) electrons. The van der Waals surface area contributed by atoms with Crippen molar-refractivity contribution in [2.45, 2.75) is 11.3 Å². The van der Waals surface area contributed by atoms with Crippen molar-refractivity contribution in [1.29, 1.82) is 0 Å². The average molecular weight is 442 g/mol. The Morgan fingerprint density at radius 1 is 1.03 bits per heavy atom. The Morgan fingerprint density at radius 3 is 2.31 bits per heavy atom. The Bertz CT molecular complexity index is 1010. The highest BCUT2D eigenvalue weighted by Gasteiger charge is 2.34. The van der Waals surface area contributed by atoms with Crippen molar-refractivity contribution in [3.63, 3.8) is 0 Å². The van der Waals surface area contributed by atoms with Crippen LogP contribution in [0.3, 0.4) is 0 Å². The Hall–Kier alpha value is -2.65. The first-order valence-electron chi connectivity index (χ1n) is 8.11. The van der Waals surface area contributed by atoms with E-state index >= 15 is 0 Å². The van der Waals surface area contributed by atoms with E-state index in [9.17, 15) is 22.4 Å². The predicted octanol–water partition coefficient (Wildman–Crippen LogP) is 5.69. The van der Waals surface area contributed by atoms with Crippen molar-refractivity contribution in [2.75, 3.05) is 11.1 Å². The largest absolute Gasteiger partial charge is 0.433 e. The predicted molar refractivity (Wildman–Crippen MR) is 103 cm³/mol. The normalized spacial score (nSPS) is 11.3. The fourth-order valence-corrected chi connectivity index (χ4v) is 3.05. The van der Waals surface area contributed by atoms with Gasteiger partial charge in [-0.05, 0) is 54.6 Å². The number of carbonyl (C=O) groups excluding carboxylic acids is 1. The number of anilines is 1. The molecule has 1 heterocycles. The highest BCUT2D eigenvalue weighted by atomic mass is 35.5. The maximum absolute atomic E-state index is 13.2. The van der Waals surface area contributed by atoms with Crippen LogP contribution < -0.4 is 5.32 Å². The summed E-state index contributed by atoms with van der Waals surface area (Å²) in [5.41, 5.74) is -0.371. The van der Waals surface area contributed by atoms with Gasteiger partial charge < -0.3 is 5.32 Å². The maximum Gasteiger partial charge on any atom is 0.433 e. The number of alkyl halides is 3. The lowest BCUT2D eigenvalue weighted by Gasteiger charge is -2.11. The third-order valence-corrected chi connectivity index (χ3v) is 4.70. The highest BCUT2D eigenvalue weighted by molar-refractivity contribution is 7.99. The molecule has 1 amide bonds. The van der Waals surface area contributed by atoms with E-state index in [2.05, 4.69) is 15.3 Å². The van der Waals surface area contributed by atoms with Crippen LogP contribution in [0.2, 0.25) is 5.02 Å². The molecule has 0 aliphatic rings. The summed E-state index contributed by atoms with van der Waals surface area (Å²) in [6, 6.07) is 12.0. The molecule has 0 aliphatic heterocycles. The molecule has 10 heteroatoms. The van der Waals surface area contributed by atoms with Crippen LogP contribution in [0.5, 0.6) is 0 Å². The van der Waals surface area contributed by atoms with Crippen LogP contribution >= 0.6 is 23.4 Å². The molecule has 0 saturated heterocycles. The summed E-state index contributed by atoms with van der Waals surface area (Å²) in [5, 5.41) is 2.88. The van der Waals surface area contributed by atoms with Crippen LogP contribution in [-0.2, 0) is 11.0 Å². The fraction of sp³-hybridized carbons (Fsp3) is 0.105. The summed E-state index contributed by atoms with van der Waals surface area (Å²) in [7, 11) is 0. The monoisotopic (exact) mass is 441 g/mol. The lowest BCUT2D eigenvalue weighted by Crippen LogP contribution is -2.15. The van der Waals surface area contributed by atoms with E-state index in [1.165, 1.54) is 12.1 Å². The molecular weight excluding hydrogens is 430 g/mol. The number of nitrogens with one attached hydrogen (secondary N) is 1. The van der Waals surface area contributed by atoms with Gasteiger partial charge in [-0.25, -0.2) is 14.4 Å². The minimum atomic E-state index is -4.70. The minimum Gasteiger partial charge on any atom is -0.325 e. The molecule has 0 aliphatic carbocycles. The van der Waals surface area contributed by atoms with Crippen molar-refractivity contribution in [3.05, 3.63) is 71.1 Å². The van der Waals surface area contributed by atoms with Crippen LogP contribution in [0, 0.1) is 5.82 Å². The van der Waals surface area contributed by atoms with E-state index in [4.69, 9.17) is 11.6 Å². The zero-order valence-electron chi connectivity index (χ0n) is 14.5. The Balaban J connectivity index is 1.78. The van der Waals surface area contributed by atoms with Gasteiger partial charge in [0.15, 0.2) is 5.16 Å². The first-order chi connectivity index (χ1) is 13.7. The van der Waals surface area contributed by atoms with E-state index in [-0.39, 0.29) is 16.6 Å². The standard InChI is InChI=1S/C19H12ClF4N3OS/c20-12-3-7-14(8-4-12)25-17(28)10-29-18-26-15(9-16(27-18)19(22,23)24)11-1-5-13(21)6-2-11/h1-9H,10H2,(H,25,28). The van der Waals surface area contributed by atoms with Gasteiger partial charge in [0, 0.05) is 16.3 Å². The van der Waals surface area contributed by atoms with Crippen molar-refractivity contribution < 1.29 is 22.4 Å². The molecule has 0 unspecified atom stereocenters. The number of carbonyl (C=O) groups is 1. The quantitative estimate of drug-likeness (QED) is 0.314. The van der Waals surface area contributed by atoms with E-state index in [0.29, 0.717) is 16.3 Å². The zero-order chi connectivity index (χ0) is 21.0. The number of aromatic nitrogens is 2. The van der Waals surface area contributed by atoms with Gasteiger partial charge in [-0.3, -0.25) is 4.79 Å². The summed E-state index contributed by atoms with van der Waals surface area (Å²) < 4.78 is 52.7. The Morgan fingerprint density at radius 2 is 1.69 bits per heavy atom. The molecule has 3 rings (SSSR count). The Labute approximate surface area is 172 Å². The number of nitrogens with zero attached hydrogens (tertiary/aromatic N) is 2. The SMILES string of the molecule is O=C(CSc1nc(-c2ccc(F)cc2)cc(C(F)(F)F)n1)Nc1ccc(Cl)cc1. The summed E-state index contributed by atoms with van der Waals surface area (Å²) in [6.07, 6.45) is -4.70. The third kappa shape index (κ3) is 5.91. The molecule has 4 nitrogen and oxygen atoms in total. The number of rotatable bonds is 5. The summed E-state index contributed by atoms with van der Waals surface area (Å²) in [6.45, 7) is 0. The number of amides is 1. The second kappa shape index (κ2) is 8.79. The average Bonchev–Trinajstić information content (AvgIpc) is 2.68. The van der Waals surface area contributed by atoms with Gasteiger partial charge in [0.25, 0.3) is 0 Å². The van der Waals surface area contributed by atoms with Crippen molar-refractivity contribution in [2.24, 2.45) is 0 Å². The number of halogens is 5. The molecule has 0 bridgehead atoms. The lowest BCUT2D eigenvalue weighted by molar-refractivity contribution is -0.141. The molecule has 150 valence electrons. The van der Waals surface area contributed by atoms with Crippen molar-refractivity contribution in [1.82, 2.24) is 9.97 Å². The van der Waals surface area contributed by atoms with Gasteiger partial charge in [0.1, 0.15) is 11.5 Å². The molecule has 0 saturated carbocycles. The van der Waals surface area contributed by atoms with Gasteiger partial charge in [-0.1, -0.05) is 23.4 Å². The summed E-state index contributed by atoms with van der Waals surface area (Å²) in [5.74, 6) is -1.17. The Kier molecular flexibility index (Phi) is 6.39. The number of thioether (sulfide) groups is 1. The van der Waals surface area contributed by atoms with Crippen LogP contribution in [-0.4, -0.2) is 21.6 Å². The van der Waals surface area contributed by atoms with E-state index in [1.807, 2.05) is 0 Å². The third-order valence-electron chi connectivity index (χ3n) is 3.60.